The molecule has 0 aromatic heterocycles. The first-order chi connectivity index (χ1) is 15.8. The monoisotopic (exact) mass is 479 g/mol. The van der Waals surface area contributed by atoms with Gasteiger partial charge < -0.3 is 0 Å². The largest absolute Gasteiger partial charge is 0.257 e. The Labute approximate surface area is 196 Å². The second kappa shape index (κ2) is 9.33. The Bertz CT molecular complexity index is 1230. The Kier molecular flexibility index (Phi) is 5.95. The van der Waals surface area contributed by atoms with Gasteiger partial charge in [-0.05, 0) is 53.1 Å². The quantitative estimate of drug-likeness (QED) is 0.271. The van der Waals surface area contributed by atoms with E-state index in [4.69, 9.17) is 5.10 Å². The summed E-state index contributed by atoms with van der Waals surface area (Å²) < 4.78 is 1.05. The smallest absolute Gasteiger partial charge is 0.0831 e. The lowest BCUT2D eigenvalue weighted by Gasteiger charge is -2.24. The molecule has 5 rings (SSSR count). The van der Waals surface area contributed by atoms with Crippen LogP contribution < -0.4 is 5.01 Å². The SMILES string of the molecule is Brc1ccc(N=Cc2ccc(N3N=C(c4ccccc4)C[C@H]3c3ccccc3)cc2)cc1. The number of rotatable bonds is 5. The first-order valence-electron chi connectivity index (χ1n) is 10.6. The lowest BCUT2D eigenvalue weighted by molar-refractivity contribution is 0.709. The van der Waals surface area contributed by atoms with Gasteiger partial charge in [-0.25, -0.2) is 0 Å². The topological polar surface area (TPSA) is 28.0 Å². The van der Waals surface area contributed by atoms with Crippen LogP contribution in [0.3, 0.4) is 0 Å². The van der Waals surface area contributed by atoms with E-state index in [1.54, 1.807) is 0 Å². The van der Waals surface area contributed by atoms with E-state index in [9.17, 15) is 0 Å². The Morgan fingerprint density at radius 3 is 2.12 bits per heavy atom. The number of nitrogens with zero attached hydrogens (tertiary/aromatic N) is 3. The summed E-state index contributed by atoms with van der Waals surface area (Å²) in [5.74, 6) is 0. The molecule has 1 aliphatic rings. The van der Waals surface area contributed by atoms with Gasteiger partial charge in [0.1, 0.15) is 0 Å². The fourth-order valence-corrected chi connectivity index (χ4v) is 4.14. The number of hydrogen-bond donors (Lipinski definition) is 0. The fraction of sp³-hybridized carbons (Fsp3) is 0.0714. The molecule has 156 valence electrons. The molecule has 0 amide bonds. The van der Waals surface area contributed by atoms with Gasteiger partial charge in [-0.2, -0.15) is 5.10 Å². The molecule has 0 radical (unpaired) electrons. The molecule has 4 heteroatoms. The number of aliphatic imine (C=N–C) groups is 1. The summed E-state index contributed by atoms with van der Waals surface area (Å²) in [6, 6.07) is 37.6. The van der Waals surface area contributed by atoms with Crippen LogP contribution in [0.25, 0.3) is 0 Å². The molecule has 4 aromatic carbocycles. The first kappa shape index (κ1) is 20.4. The van der Waals surface area contributed by atoms with Gasteiger partial charge in [0, 0.05) is 17.1 Å². The van der Waals surface area contributed by atoms with Crippen LogP contribution in [0.15, 0.2) is 124 Å². The highest BCUT2D eigenvalue weighted by Gasteiger charge is 2.29. The molecule has 1 aliphatic heterocycles. The van der Waals surface area contributed by atoms with Crippen LogP contribution in [-0.4, -0.2) is 11.9 Å². The average Bonchev–Trinajstić information content (AvgIpc) is 3.31. The fourth-order valence-electron chi connectivity index (χ4n) is 3.88. The molecule has 0 saturated carbocycles. The number of benzene rings is 4. The minimum absolute atomic E-state index is 0.175. The third kappa shape index (κ3) is 4.56. The van der Waals surface area contributed by atoms with Crippen LogP contribution in [0.2, 0.25) is 0 Å². The summed E-state index contributed by atoms with van der Waals surface area (Å²) in [4.78, 5) is 4.57. The zero-order valence-electron chi connectivity index (χ0n) is 17.5. The third-order valence-corrected chi connectivity index (χ3v) is 6.08. The number of halogens is 1. The summed E-state index contributed by atoms with van der Waals surface area (Å²) >= 11 is 3.46. The van der Waals surface area contributed by atoms with Gasteiger partial charge in [0.05, 0.1) is 23.1 Å². The van der Waals surface area contributed by atoms with Gasteiger partial charge in [-0.3, -0.25) is 10.0 Å². The van der Waals surface area contributed by atoms with E-state index in [1.165, 1.54) is 11.1 Å². The van der Waals surface area contributed by atoms with Crippen LogP contribution in [0.4, 0.5) is 11.4 Å². The molecule has 0 unspecified atom stereocenters. The van der Waals surface area contributed by atoms with Gasteiger partial charge in [0.15, 0.2) is 0 Å². The molecule has 0 aliphatic carbocycles. The molecule has 1 atom stereocenters. The van der Waals surface area contributed by atoms with Gasteiger partial charge in [0.25, 0.3) is 0 Å². The van der Waals surface area contributed by atoms with Gasteiger partial charge in [0.2, 0.25) is 0 Å². The highest BCUT2D eigenvalue weighted by Crippen LogP contribution is 2.36. The second-order valence-electron chi connectivity index (χ2n) is 7.71. The van der Waals surface area contributed by atoms with Crippen molar-refractivity contribution in [3.8, 4) is 0 Å². The van der Waals surface area contributed by atoms with Crippen molar-refractivity contribution in [2.45, 2.75) is 12.5 Å². The molecule has 0 spiro atoms. The highest BCUT2D eigenvalue weighted by molar-refractivity contribution is 9.10. The van der Waals surface area contributed by atoms with Crippen LogP contribution in [0, 0.1) is 0 Å². The predicted molar refractivity (Wildman–Crippen MR) is 137 cm³/mol. The maximum atomic E-state index is 5.03. The lowest BCUT2D eigenvalue weighted by Crippen LogP contribution is -2.18. The molecule has 4 aromatic rings. The molecule has 32 heavy (non-hydrogen) atoms. The lowest BCUT2D eigenvalue weighted by atomic mass is 9.98. The van der Waals surface area contributed by atoms with Crippen molar-refractivity contribution >= 4 is 39.2 Å². The molecule has 0 N–H and O–H groups in total. The molecule has 1 heterocycles. The Hall–Kier alpha value is -3.50. The predicted octanol–water partition coefficient (Wildman–Crippen LogP) is 7.56. The van der Waals surface area contributed by atoms with Crippen LogP contribution in [0.5, 0.6) is 0 Å². The van der Waals surface area contributed by atoms with E-state index < -0.39 is 0 Å². The Morgan fingerprint density at radius 2 is 1.44 bits per heavy atom. The highest BCUT2D eigenvalue weighted by atomic mass is 79.9. The summed E-state index contributed by atoms with van der Waals surface area (Å²) in [7, 11) is 0. The Balaban J connectivity index is 1.42. The number of hydrogen-bond acceptors (Lipinski definition) is 3. The minimum atomic E-state index is 0.175. The van der Waals surface area contributed by atoms with Crippen molar-refractivity contribution in [2.24, 2.45) is 10.1 Å². The summed E-state index contributed by atoms with van der Waals surface area (Å²) in [6.07, 6.45) is 2.77. The van der Waals surface area contributed by atoms with Crippen molar-refractivity contribution in [1.29, 1.82) is 0 Å². The standard InChI is InChI=1S/C28H22BrN3/c29-24-13-15-25(16-14-24)30-20-21-11-17-26(18-12-21)32-28(23-9-5-2-6-10-23)19-27(31-32)22-7-3-1-4-8-22/h1-18,20,28H,19H2/t28-/m0/s1. The normalized spacial score (nSPS) is 15.8. The number of hydrazone groups is 1. The maximum Gasteiger partial charge on any atom is 0.0831 e. The second-order valence-corrected chi connectivity index (χ2v) is 8.63. The van der Waals surface area contributed by atoms with Crippen molar-refractivity contribution in [3.63, 3.8) is 0 Å². The van der Waals surface area contributed by atoms with Gasteiger partial charge >= 0.3 is 0 Å². The van der Waals surface area contributed by atoms with E-state index >= 15 is 0 Å². The maximum absolute atomic E-state index is 5.03. The number of anilines is 1. The molecule has 3 nitrogen and oxygen atoms in total. The minimum Gasteiger partial charge on any atom is -0.257 e. The van der Waals surface area contributed by atoms with Crippen molar-refractivity contribution in [1.82, 2.24) is 0 Å². The van der Waals surface area contributed by atoms with E-state index in [1.807, 2.05) is 36.5 Å². The summed E-state index contributed by atoms with van der Waals surface area (Å²) in [5, 5.41) is 7.18. The van der Waals surface area contributed by atoms with Crippen molar-refractivity contribution < 1.29 is 0 Å². The molecule has 0 saturated heterocycles. The van der Waals surface area contributed by atoms with E-state index in [2.05, 4.69) is 105 Å². The van der Waals surface area contributed by atoms with Crippen LogP contribution >= 0.6 is 15.9 Å². The summed E-state index contributed by atoms with van der Waals surface area (Å²) in [6.45, 7) is 0. The van der Waals surface area contributed by atoms with E-state index in [-0.39, 0.29) is 6.04 Å². The third-order valence-electron chi connectivity index (χ3n) is 5.55. The molecular weight excluding hydrogens is 458 g/mol. The summed E-state index contributed by atoms with van der Waals surface area (Å²) in [5.41, 5.74) is 6.61. The van der Waals surface area contributed by atoms with Crippen LogP contribution in [0.1, 0.15) is 29.2 Å². The molecular formula is C28H22BrN3. The van der Waals surface area contributed by atoms with Crippen molar-refractivity contribution in [2.75, 3.05) is 5.01 Å². The molecule has 0 bridgehead atoms. The average molecular weight is 480 g/mol. The van der Waals surface area contributed by atoms with Gasteiger partial charge in [-0.1, -0.05) is 88.7 Å². The zero-order chi connectivity index (χ0) is 21.8. The Morgan fingerprint density at radius 1 is 0.781 bits per heavy atom. The van der Waals surface area contributed by atoms with Crippen molar-refractivity contribution in [3.05, 3.63) is 130 Å². The molecule has 0 fully saturated rings. The van der Waals surface area contributed by atoms with E-state index in [0.717, 1.165) is 33.5 Å². The van der Waals surface area contributed by atoms with Gasteiger partial charge in [-0.15, -0.1) is 0 Å². The zero-order valence-corrected chi connectivity index (χ0v) is 19.1. The van der Waals surface area contributed by atoms with E-state index in [0.29, 0.717) is 0 Å². The first-order valence-corrected chi connectivity index (χ1v) is 11.4. The van der Waals surface area contributed by atoms with Crippen LogP contribution in [-0.2, 0) is 0 Å².